The second kappa shape index (κ2) is 5.55. The minimum absolute atomic E-state index is 0.00188. The highest BCUT2D eigenvalue weighted by Gasteiger charge is 2.22. The van der Waals surface area contributed by atoms with E-state index in [1.165, 1.54) is 20.4 Å². The predicted octanol–water partition coefficient (Wildman–Crippen LogP) is 1.62. The first-order valence-electron chi connectivity index (χ1n) is 5.86. The zero-order chi connectivity index (χ0) is 13.8. The quantitative estimate of drug-likeness (QED) is 0.808. The Morgan fingerprint density at radius 1 is 1.47 bits per heavy atom. The van der Waals surface area contributed by atoms with Crippen molar-refractivity contribution in [3.63, 3.8) is 0 Å². The molecular weight excluding hydrogens is 248 g/mol. The van der Waals surface area contributed by atoms with E-state index in [-0.39, 0.29) is 11.7 Å². The minimum atomic E-state index is -0.370. The van der Waals surface area contributed by atoms with Gasteiger partial charge in [0.15, 0.2) is 0 Å². The van der Waals surface area contributed by atoms with Crippen LogP contribution in [-0.2, 0) is 4.79 Å². The Morgan fingerprint density at radius 2 is 2.26 bits per heavy atom. The Hall–Kier alpha value is -2.31. The highest BCUT2D eigenvalue weighted by Crippen LogP contribution is 2.22. The maximum absolute atomic E-state index is 11.4. The van der Waals surface area contributed by atoms with Crippen LogP contribution in [0.2, 0.25) is 0 Å². The number of nitrogens with zero attached hydrogens (tertiary/aromatic N) is 4. The van der Waals surface area contributed by atoms with Crippen molar-refractivity contribution in [2.75, 3.05) is 7.11 Å². The molecule has 0 spiro atoms. The van der Waals surface area contributed by atoms with Crippen LogP contribution in [0, 0.1) is 0 Å². The lowest BCUT2D eigenvalue weighted by atomic mass is 10.0. The van der Waals surface area contributed by atoms with E-state index in [2.05, 4.69) is 20.1 Å². The molecule has 0 fully saturated rings. The summed E-state index contributed by atoms with van der Waals surface area (Å²) in [6.07, 6.45) is 1.97. The number of ketones is 1. The lowest BCUT2D eigenvalue weighted by Gasteiger charge is -2.03. The molecule has 2 rings (SSSR count). The van der Waals surface area contributed by atoms with Gasteiger partial charge in [-0.25, -0.2) is 9.97 Å². The number of ether oxygens (including phenoxy) is 1. The van der Waals surface area contributed by atoms with Crippen molar-refractivity contribution in [1.82, 2.24) is 20.1 Å². The lowest BCUT2D eigenvalue weighted by molar-refractivity contribution is -0.119. The summed E-state index contributed by atoms with van der Waals surface area (Å²) >= 11 is 0. The molecule has 0 N–H and O–H groups in total. The van der Waals surface area contributed by atoms with Crippen LogP contribution in [0.4, 0.5) is 0 Å². The van der Waals surface area contributed by atoms with Gasteiger partial charge in [-0.1, -0.05) is 12.1 Å². The first-order chi connectivity index (χ1) is 9.15. The Kier molecular flexibility index (Phi) is 3.84. The maximum atomic E-state index is 11.4. The molecule has 2 heterocycles. The number of aromatic nitrogens is 4. The molecule has 0 bridgehead atoms. The standard InChI is InChI=1S/C12H14N4O3/c1-4-8(7(2)17)12-15-11(16-19-12)9-5-10(18-3)14-6-13-9/h5-6,8H,4H2,1-3H3. The fourth-order valence-electron chi connectivity index (χ4n) is 1.69. The van der Waals surface area contributed by atoms with Crippen LogP contribution in [0.3, 0.4) is 0 Å². The van der Waals surface area contributed by atoms with E-state index in [9.17, 15) is 4.79 Å². The van der Waals surface area contributed by atoms with E-state index >= 15 is 0 Å². The molecule has 0 amide bonds. The average Bonchev–Trinajstić information content (AvgIpc) is 2.89. The molecule has 0 saturated heterocycles. The molecule has 0 radical (unpaired) electrons. The summed E-state index contributed by atoms with van der Waals surface area (Å²) in [5.74, 6) is 0.663. The van der Waals surface area contributed by atoms with E-state index in [0.29, 0.717) is 29.7 Å². The molecule has 0 aliphatic rings. The molecule has 0 aromatic carbocycles. The number of carbonyl (C=O) groups is 1. The minimum Gasteiger partial charge on any atom is -0.481 e. The molecule has 0 aliphatic heterocycles. The molecule has 100 valence electrons. The molecule has 1 unspecified atom stereocenters. The van der Waals surface area contributed by atoms with Crippen LogP contribution in [0.25, 0.3) is 11.5 Å². The van der Waals surface area contributed by atoms with E-state index in [0.717, 1.165) is 0 Å². The van der Waals surface area contributed by atoms with Crippen LogP contribution in [0.5, 0.6) is 5.88 Å². The van der Waals surface area contributed by atoms with Crippen molar-refractivity contribution in [1.29, 1.82) is 0 Å². The third kappa shape index (κ3) is 2.75. The second-order valence-corrected chi connectivity index (χ2v) is 3.97. The molecule has 7 heteroatoms. The molecular formula is C12H14N4O3. The van der Waals surface area contributed by atoms with Crippen molar-refractivity contribution in [3.8, 4) is 17.4 Å². The number of Topliss-reactive ketones (excluding diaryl/α,β-unsaturated/α-hetero) is 1. The maximum Gasteiger partial charge on any atom is 0.237 e. The summed E-state index contributed by atoms with van der Waals surface area (Å²) in [6.45, 7) is 3.40. The van der Waals surface area contributed by atoms with Gasteiger partial charge < -0.3 is 9.26 Å². The molecule has 1 atom stereocenters. The summed E-state index contributed by atoms with van der Waals surface area (Å²) in [6, 6.07) is 1.60. The number of hydrogen-bond donors (Lipinski definition) is 0. The lowest BCUT2D eigenvalue weighted by Crippen LogP contribution is -2.07. The van der Waals surface area contributed by atoms with E-state index in [1.807, 2.05) is 6.92 Å². The van der Waals surface area contributed by atoms with E-state index in [1.54, 1.807) is 6.07 Å². The van der Waals surface area contributed by atoms with Crippen molar-refractivity contribution in [2.24, 2.45) is 0 Å². The summed E-state index contributed by atoms with van der Waals surface area (Å²) < 4.78 is 10.1. The zero-order valence-corrected chi connectivity index (χ0v) is 11.0. The normalized spacial score (nSPS) is 12.2. The van der Waals surface area contributed by atoms with Gasteiger partial charge in [-0.2, -0.15) is 4.98 Å². The van der Waals surface area contributed by atoms with Crippen molar-refractivity contribution in [3.05, 3.63) is 18.3 Å². The van der Waals surface area contributed by atoms with Crippen LogP contribution < -0.4 is 4.74 Å². The first-order valence-corrected chi connectivity index (χ1v) is 5.86. The van der Waals surface area contributed by atoms with E-state index in [4.69, 9.17) is 9.26 Å². The number of methoxy groups -OCH3 is 1. The summed E-state index contributed by atoms with van der Waals surface area (Å²) in [5, 5.41) is 3.83. The van der Waals surface area contributed by atoms with Gasteiger partial charge in [0.2, 0.25) is 17.6 Å². The highest BCUT2D eigenvalue weighted by atomic mass is 16.5. The van der Waals surface area contributed by atoms with Gasteiger partial charge >= 0.3 is 0 Å². The number of hydrogen-bond acceptors (Lipinski definition) is 7. The van der Waals surface area contributed by atoms with Crippen LogP contribution >= 0.6 is 0 Å². The molecule has 0 saturated carbocycles. The smallest absolute Gasteiger partial charge is 0.237 e. The fourth-order valence-corrected chi connectivity index (χ4v) is 1.69. The third-order valence-electron chi connectivity index (χ3n) is 2.72. The van der Waals surface area contributed by atoms with Gasteiger partial charge in [0.05, 0.1) is 13.0 Å². The molecule has 2 aromatic rings. The molecule has 0 aliphatic carbocycles. The van der Waals surface area contributed by atoms with Crippen LogP contribution in [0.1, 0.15) is 32.1 Å². The summed E-state index contributed by atoms with van der Waals surface area (Å²) in [5.41, 5.74) is 0.486. The van der Waals surface area contributed by atoms with Gasteiger partial charge in [-0.3, -0.25) is 4.79 Å². The monoisotopic (exact) mass is 262 g/mol. The topological polar surface area (TPSA) is 91.0 Å². The van der Waals surface area contributed by atoms with E-state index < -0.39 is 0 Å². The molecule has 2 aromatic heterocycles. The first kappa shape index (κ1) is 13.1. The largest absolute Gasteiger partial charge is 0.481 e. The Balaban J connectivity index is 2.32. The Bertz CT molecular complexity index is 582. The molecule has 19 heavy (non-hydrogen) atoms. The van der Waals surface area contributed by atoms with Gasteiger partial charge in [0.25, 0.3) is 0 Å². The predicted molar refractivity (Wildman–Crippen MR) is 65.6 cm³/mol. The zero-order valence-electron chi connectivity index (χ0n) is 11.0. The second-order valence-electron chi connectivity index (χ2n) is 3.97. The summed E-state index contributed by atoms with van der Waals surface area (Å²) in [4.78, 5) is 23.6. The Labute approximate surface area is 110 Å². The Morgan fingerprint density at radius 3 is 2.89 bits per heavy atom. The van der Waals surface area contributed by atoms with Gasteiger partial charge in [-0.15, -0.1) is 0 Å². The van der Waals surface area contributed by atoms with Gasteiger partial charge in [-0.05, 0) is 13.3 Å². The molecule has 7 nitrogen and oxygen atoms in total. The number of carbonyl (C=O) groups excluding carboxylic acids is 1. The van der Waals surface area contributed by atoms with Crippen molar-refractivity contribution in [2.45, 2.75) is 26.2 Å². The average molecular weight is 262 g/mol. The van der Waals surface area contributed by atoms with Gasteiger partial charge in [0.1, 0.15) is 17.8 Å². The van der Waals surface area contributed by atoms with Crippen LogP contribution in [0.15, 0.2) is 16.9 Å². The van der Waals surface area contributed by atoms with Crippen molar-refractivity contribution >= 4 is 5.78 Å². The number of rotatable bonds is 5. The highest BCUT2D eigenvalue weighted by molar-refractivity contribution is 5.82. The third-order valence-corrected chi connectivity index (χ3v) is 2.72. The summed E-state index contributed by atoms with van der Waals surface area (Å²) in [7, 11) is 1.51. The fraction of sp³-hybridized carbons (Fsp3) is 0.417. The van der Waals surface area contributed by atoms with Crippen LogP contribution in [-0.4, -0.2) is 33.0 Å². The SMILES string of the molecule is CCC(C(C)=O)c1nc(-c2cc(OC)ncn2)no1. The van der Waals surface area contributed by atoms with Crippen molar-refractivity contribution < 1.29 is 14.1 Å². The van der Waals surface area contributed by atoms with Gasteiger partial charge in [0, 0.05) is 6.07 Å².